The van der Waals surface area contributed by atoms with E-state index in [0.717, 1.165) is 5.56 Å². The Morgan fingerprint density at radius 2 is 1.80 bits per heavy atom. The maximum atomic E-state index is 12.3. The number of rotatable bonds is 3. The molecule has 30 heavy (non-hydrogen) atoms. The van der Waals surface area contributed by atoms with Crippen LogP contribution < -0.4 is 11.5 Å². The Kier molecular flexibility index (Phi) is 4.21. The molecule has 0 aliphatic heterocycles. The summed E-state index contributed by atoms with van der Waals surface area (Å²) in [6.45, 7) is 6.99. The Bertz CT molecular complexity index is 1350. The van der Waals surface area contributed by atoms with Crippen LogP contribution in [0.1, 0.15) is 40.9 Å². The number of aromatic nitrogens is 3. The van der Waals surface area contributed by atoms with Gasteiger partial charge in [0.25, 0.3) is 5.91 Å². The number of aliphatic hydroxyl groups is 1. The van der Waals surface area contributed by atoms with Gasteiger partial charge in [-0.2, -0.15) is 0 Å². The molecule has 0 aliphatic carbocycles. The second kappa shape index (κ2) is 6.43. The van der Waals surface area contributed by atoms with E-state index in [1.54, 1.807) is 55.7 Å². The van der Waals surface area contributed by atoms with Crippen molar-refractivity contribution in [1.29, 1.82) is 0 Å². The number of hydrogen-bond acceptors (Lipinski definition) is 6. The zero-order chi connectivity index (χ0) is 22.0. The number of nitrogens with zero attached hydrogens (tertiary/aromatic N) is 3. The Balaban J connectivity index is 2.15. The smallest absolute Gasteiger partial charge is 0.254 e. The van der Waals surface area contributed by atoms with Gasteiger partial charge in [0.15, 0.2) is 5.65 Å². The summed E-state index contributed by atoms with van der Waals surface area (Å²) < 4.78 is 1.61. The summed E-state index contributed by atoms with van der Waals surface area (Å²) in [5.41, 5.74) is 15.4. The van der Waals surface area contributed by atoms with Crippen molar-refractivity contribution in [3.05, 3.63) is 52.6 Å². The zero-order valence-electron chi connectivity index (χ0n) is 17.2. The van der Waals surface area contributed by atoms with E-state index in [2.05, 4.69) is 4.98 Å². The topological polar surface area (TPSA) is 140 Å². The number of benzene rings is 2. The maximum absolute atomic E-state index is 12.3. The molecule has 0 spiro atoms. The standard InChI is InChI=1S/C22H23N5O3/c1-10-5-8-15(28)11(2)18(10)27-19(23)16(20(24)29)17-21(27)26-13-7-6-12(22(3,4)30)9-14(13)25-17/h5-9,28,30H,23H2,1-4H3,(H2,24,29). The summed E-state index contributed by atoms with van der Waals surface area (Å²) in [4.78, 5) is 21.6. The number of phenolic OH excluding ortho intramolecular Hbond substituents is 1. The second-order valence-corrected chi connectivity index (χ2v) is 7.99. The van der Waals surface area contributed by atoms with Crippen LogP contribution in [0, 0.1) is 13.8 Å². The van der Waals surface area contributed by atoms with Gasteiger partial charge < -0.3 is 21.7 Å². The van der Waals surface area contributed by atoms with Crippen molar-refractivity contribution in [2.24, 2.45) is 5.73 Å². The molecule has 0 bridgehead atoms. The number of amides is 1. The molecule has 2 aromatic carbocycles. The molecule has 8 heteroatoms. The Morgan fingerprint density at radius 3 is 2.43 bits per heavy atom. The van der Waals surface area contributed by atoms with Crippen molar-refractivity contribution in [3.63, 3.8) is 0 Å². The minimum Gasteiger partial charge on any atom is -0.508 e. The Labute approximate surface area is 172 Å². The van der Waals surface area contributed by atoms with E-state index in [1.165, 1.54) is 0 Å². The van der Waals surface area contributed by atoms with Gasteiger partial charge in [-0.25, -0.2) is 9.97 Å². The van der Waals surface area contributed by atoms with Crippen LogP contribution in [0.5, 0.6) is 5.75 Å². The first-order chi connectivity index (χ1) is 14.0. The average Bonchev–Trinajstić information content (AvgIpc) is 2.93. The summed E-state index contributed by atoms with van der Waals surface area (Å²) in [7, 11) is 0. The molecule has 4 aromatic rings. The largest absolute Gasteiger partial charge is 0.508 e. The van der Waals surface area contributed by atoms with Crippen molar-refractivity contribution in [2.45, 2.75) is 33.3 Å². The first-order valence-electron chi connectivity index (χ1n) is 9.44. The highest BCUT2D eigenvalue weighted by molar-refractivity contribution is 6.10. The van der Waals surface area contributed by atoms with E-state index in [4.69, 9.17) is 16.5 Å². The molecule has 0 unspecified atom stereocenters. The third-order valence-electron chi connectivity index (χ3n) is 5.37. The third kappa shape index (κ3) is 2.84. The number of nitrogen functional groups attached to an aromatic ring is 1. The van der Waals surface area contributed by atoms with Gasteiger partial charge in [0.2, 0.25) is 0 Å². The van der Waals surface area contributed by atoms with Crippen LogP contribution in [0.25, 0.3) is 27.9 Å². The van der Waals surface area contributed by atoms with Gasteiger partial charge in [-0.3, -0.25) is 9.36 Å². The van der Waals surface area contributed by atoms with Gasteiger partial charge >= 0.3 is 0 Å². The molecule has 0 radical (unpaired) electrons. The van der Waals surface area contributed by atoms with E-state index in [1.807, 2.05) is 6.92 Å². The van der Waals surface area contributed by atoms with Crippen LogP contribution >= 0.6 is 0 Å². The van der Waals surface area contributed by atoms with Gasteiger partial charge in [-0.15, -0.1) is 0 Å². The lowest BCUT2D eigenvalue weighted by atomic mass is 9.98. The number of fused-ring (bicyclic) bond motifs is 2. The predicted octanol–water partition coefficient (Wildman–Crippen LogP) is 2.80. The molecule has 0 atom stereocenters. The fourth-order valence-corrected chi connectivity index (χ4v) is 3.73. The van der Waals surface area contributed by atoms with Crippen LogP contribution in [0.4, 0.5) is 5.82 Å². The number of aryl methyl sites for hydroxylation is 1. The van der Waals surface area contributed by atoms with Crippen LogP contribution in [-0.2, 0) is 5.60 Å². The fourth-order valence-electron chi connectivity index (χ4n) is 3.73. The van der Waals surface area contributed by atoms with E-state index in [0.29, 0.717) is 33.5 Å². The van der Waals surface area contributed by atoms with Crippen LogP contribution in [0.15, 0.2) is 30.3 Å². The first kappa shape index (κ1) is 19.7. The highest BCUT2D eigenvalue weighted by Gasteiger charge is 2.26. The van der Waals surface area contributed by atoms with Crippen molar-refractivity contribution in [3.8, 4) is 11.4 Å². The van der Waals surface area contributed by atoms with Crippen molar-refractivity contribution in [1.82, 2.24) is 14.5 Å². The van der Waals surface area contributed by atoms with E-state index in [-0.39, 0.29) is 22.6 Å². The van der Waals surface area contributed by atoms with E-state index in [9.17, 15) is 15.0 Å². The first-order valence-corrected chi connectivity index (χ1v) is 9.44. The number of phenols is 1. The number of nitrogens with two attached hydrogens (primary N) is 2. The quantitative estimate of drug-likeness (QED) is 0.413. The molecule has 4 rings (SSSR count). The number of carbonyl (C=O) groups is 1. The van der Waals surface area contributed by atoms with Gasteiger partial charge in [-0.1, -0.05) is 12.1 Å². The molecular formula is C22H23N5O3. The van der Waals surface area contributed by atoms with Crippen LogP contribution in [0.3, 0.4) is 0 Å². The second-order valence-electron chi connectivity index (χ2n) is 7.99. The van der Waals surface area contributed by atoms with E-state index >= 15 is 0 Å². The lowest BCUT2D eigenvalue weighted by molar-refractivity contribution is 0.0787. The Morgan fingerprint density at radius 1 is 1.10 bits per heavy atom. The molecule has 0 saturated carbocycles. The van der Waals surface area contributed by atoms with Crippen LogP contribution in [0.2, 0.25) is 0 Å². The van der Waals surface area contributed by atoms with Gasteiger partial charge in [0.1, 0.15) is 22.6 Å². The van der Waals surface area contributed by atoms with Gasteiger partial charge in [0.05, 0.1) is 22.3 Å². The van der Waals surface area contributed by atoms with Crippen molar-refractivity contribution >= 4 is 33.9 Å². The summed E-state index contributed by atoms with van der Waals surface area (Å²) >= 11 is 0. The molecular weight excluding hydrogens is 382 g/mol. The molecule has 0 fully saturated rings. The highest BCUT2D eigenvalue weighted by atomic mass is 16.3. The lowest BCUT2D eigenvalue weighted by Gasteiger charge is -2.18. The summed E-state index contributed by atoms with van der Waals surface area (Å²) in [6.07, 6.45) is 0. The minimum absolute atomic E-state index is 0.0650. The van der Waals surface area contributed by atoms with Gasteiger partial charge in [0, 0.05) is 5.56 Å². The Hall–Kier alpha value is -3.65. The molecule has 6 N–H and O–H groups in total. The molecule has 2 heterocycles. The number of hydrogen-bond donors (Lipinski definition) is 4. The SMILES string of the molecule is Cc1ccc(O)c(C)c1-n1c(N)c(C(N)=O)c2nc3cc(C(C)(C)O)ccc3nc21. The highest BCUT2D eigenvalue weighted by Crippen LogP contribution is 2.36. The predicted molar refractivity (Wildman–Crippen MR) is 116 cm³/mol. The number of primary amides is 1. The zero-order valence-corrected chi connectivity index (χ0v) is 17.2. The molecule has 2 aromatic heterocycles. The normalized spacial score (nSPS) is 12.0. The molecule has 154 valence electrons. The maximum Gasteiger partial charge on any atom is 0.254 e. The monoisotopic (exact) mass is 405 g/mol. The number of carbonyl (C=O) groups excluding carboxylic acids is 1. The number of anilines is 1. The van der Waals surface area contributed by atoms with Crippen molar-refractivity contribution in [2.75, 3.05) is 5.73 Å². The summed E-state index contributed by atoms with van der Waals surface area (Å²) in [6, 6.07) is 8.63. The van der Waals surface area contributed by atoms with Crippen molar-refractivity contribution < 1.29 is 15.0 Å². The summed E-state index contributed by atoms with van der Waals surface area (Å²) in [5, 5.41) is 20.6. The van der Waals surface area contributed by atoms with Gasteiger partial charge in [-0.05, 0) is 57.0 Å². The van der Waals surface area contributed by atoms with Crippen LogP contribution in [-0.4, -0.2) is 30.7 Å². The molecule has 0 saturated heterocycles. The summed E-state index contributed by atoms with van der Waals surface area (Å²) in [5.74, 6) is -0.521. The fraction of sp³-hybridized carbons (Fsp3) is 0.227. The minimum atomic E-state index is -1.06. The molecule has 8 nitrogen and oxygen atoms in total. The average molecular weight is 405 g/mol. The molecule has 0 aliphatic rings. The van der Waals surface area contributed by atoms with E-state index < -0.39 is 11.5 Å². The lowest BCUT2D eigenvalue weighted by Crippen LogP contribution is -2.15. The number of aromatic hydroxyl groups is 1. The third-order valence-corrected chi connectivity index (χ3v) is 5.37. The molecule has 1 amide bonds.